The number of carbonyl (C=O) groups excluding carboxylic acids is 1. The minimum atomic E-state index is 0.0302. The van der Waals surface area contributed by atoms with Gasteiger partial charge >= 0.3 is 0 Å². The first-order valence-electron chi connectivity index (χ1n) is 12.3. The number of fused-ring (bicyclic) bond motifs is 1. The molecule has 2 heterocycles. The molecular formula is C25H38N4OS. The zero-order valence-electron chi connectivity index (χ0n) is 19.2. The van der Waals surface area contributed by atoms with Gasteiger partial charge in [-0.3, -0.25) is 9.69 Å². The van der Waals surface area contributed by atoms with E-state index in [2.05, 4.69) is 29.0 Å². The molecule has 1 atom stereocenters. The van der Waals surface area contributed by atoms with Crippen LogP contribution in [0.25, 0.3) is 10.2 Å². The minimum absolute atomic E-state index is 0.0302. The van der Waals surface area contributed by atoms with E-state index in [1.807, 2.05) is 18.2 Å². The number of thiazole rings is 1. The predicted octanol–water partition coefficient (Wildman–Crippen LogP) is 5.45. The Morgan fingerprint density at radius 2 is 1.94 bits per heavy atom. The summed E-state index contributed by atoms with van der Waals surface area (Å²) in [6.45, 7) is 8.43. The molecule has 31 heavy (non-hydrogen) atoms. The molecule has 1 saturated heterocycles. The highest BCUT2D eigenvalue weighted by Crippen LogP contribution is 2.31. The molecule has 2 aromatic rings. The number of hydrogen-bond donors (Lipinski definition) is 1. The van der Waals surface area contributed by atoms with Crippen molar-refractivity contribution in [3.8, 4) is 0 Å². The van der Waals surface area contributed by atoms with Crippen molar-refractivity contribution in [1.29, 1.82) is 0 Å². The van der Waals surface area contributed by atoms with E-state index < -0.39 is 0 Å². The maximum atomic E-state index is 12.8. The number of benzene rings is 1. The van der Waals surface area contributed by atoms with E-state index >= 15 is 0 Å². The molecule has 1 amide bonds. The Morgan fingerprint density at radius 1 is 1.19 bits per heavy atom. The van der Waals surface area contributed by atoms with Crippen molar-refractivity contribution in [2.45, 2.75) is 83.7 Å². The van der Waals surface area contributed by atoms with Gasteiger partial charge in [0.2, 0.25) is 0 Å². The molecule has 1 aromatic carbocycles. The Balaban J connectivity index is 1.36. The Hall–Kier alpha value is -1.66. The van der Waals surface area contributed by atoms with Crippen LogP contribution >= 0.6 is 11.3 Å². The summed E-state index contributed by atoms with van der Waals surface area (Å²) in [4.78, 5) is 22.7. The third-order valence-electron chi connectivity index (χ3n) is 7.12. The van der Waals surface area contributed by atoms with Crippen LogP contribution in [0.2, 0.25) is 0 Å². The van der Waals surface area contributed by atoms with Crippen molar-refractivity contribution >= 4 is 32.6 Å². The molecule has 4 rings (SSSR count). The second kappa shape index (κ2) is 10.8. The zero-order chi connectivity index (χ0) is 21.6. The third kappa shape index (κ3) is 5.58. The van der Waals surface area contributed by atoms with E-state index in [9.17, 15) is 4.79 Å². The van der Waals surface area contributed by atoms with Gasteiger partial charge in [0.1, 0.15) is 0 Å². The number of aromatic nitrogens is 1. The maximum absolute atomic E-state index is 12.8. The van der Waals surface area contributed by atoms with Crippen LogP contribution in [-0.2, 0) is 0 Å². The largest absolute Gasteiger partial charge is 0.351 e. The molecule has 0 radical (unpaired) electrons. The molecule has 0 bridgehead atoms. The van der Waals surface area contributed by atoms with Crippen LogP contribution < -0.4 is 10.2 Å². The van der Waals surface area contributed by atoms with Crippen molar-refractivity contribution in [2.75, 3.05) is 31.1 Å². The van der Waals surface area contributed by atoms with Gasteiger partial charge in [0.05, 0.1) is 10.2 Å². The van der Waals surface area contributed by atoms with E-state index in [0.717, 1.165) is 47.0 Å². The standard InChI is InChI=1S/C25H38N4OS/c1-3-19(2)29(21-10-6-4-7-11-21)17-14-26-24(30)20-12-13-22-23(18-20)31-25(27-22)28-15-8-5-9-16-28/h12-13,18-19,21H,3-11,14-17H2,1-2H3,(H,26,30). The van der Waals surface area contributed by atoms with Crippen LogP contribution in [0.5, 0.6) is 0 Å². The number of nitrogens with one attached hydrogen (secondary N) is 1. The Bertz CT molecular complexity index is 854. The van der Waals surface area contributed by atoms with Crippen LogP contribution in [0.15, 0.2) is 18.2 Å². The summed E-state index contributed by atoms with van der Waals surface area (Å²) in [6, 6.07) is 7.19. The van der Waals surface area contributed by atoms with E-state index in [0.29, 0.717) is 18.6 Å². The lowest BCUT2D eigenvalue weighted by atomic mass is 9.93. The van der Waals surface area contributed by atoms with Crippen molar-refractivity contribution in [3.63, 3.8) is 0 Å². The summed E-state index contributed by atoms with van der Waals surface area (Å²) in [7, 11) is 0. The normalized spacial score (nSPS) is 19.1. The number of amides is 1. The number of carbonyl (C=O) groups is 1. The summed E-state index contributed by atoms with van der Waals surface area (Å²) in [5, 5.41) is 4.28. The Kier molecular flexibility index (Phi) is 7.83. The van der Waals surface area contributed by atoms with Crippen LogP contribution in [-0.4, -0.2) is 54.1 Å². The predicted molar refractivity (Wildman–Crippen MR) is 131 cm³/mol. The molecule has 5 nitrogen and oxygen atoms in total. The fourth-order valence-electron chi connectivity index (χ4n) is 5.08. The molecule has 6 heteroatoms. The summed E-state index contributed by atoms with van der Waals surface area (Å²) in [6.07, 6.45) is 11.7. The lowest BCUT2D eigenvalue weighted by Crippen LogP contribution is -2.46. The molecule has 1 aromatic heterocycles. The van der Waals surface area contributed by atoms with E-state index in [1.54, 1.807) is 11.3 Å². The second-order valence-electron chi connectivity index (χ2n) is 9.27. The smallest absolute Gasteiger partial charge is 0.251 e. The topological polar surface area (TPSA) is 48.5 Å². The van der Waals surface area contributed by atoms with Crippen LogP contribution in [0.1, 0.15) is 82.0 Å². The molecule has 2 aliphatic rings. The lowest BCUT2D eigenvalue weighted by Gasteiger charge is -2.38. The molecule has 1 aliphatic carbocycles. The van der Waals surface area contributed by atoms with Gasteiger partial charge in [0, 0.05) is 43.8 Å². The third-order valence-corrected chi connectivity index (χ3v) is 8.20. The first-order chi connectivity index (χ1) is 15.2. The molecule has 2 fully saturated rings. The van der Waals surface area contributed by atoms with Gasteiger partial charge in [-0.15, -0.1) is 0 Å². The summed E-state index contributed by atoms with van der Waals surface area (Å²) in [5.74, 6) is 0.0302. The first-order valence-corrected chi connectivity index (χ1v) is 13.2. The fourth-order valence-corrected chi connectivity index (χ4v) is 6.14. The average Bonchev–Trinajstić information content (AvgIpc) is 3.26. The number of anilines is 1. The zero-order valence-corrected chi connectivity index (χ0v) is 20.1. The monoisotopic (exact) mass is 442 g/mol. The van der Waals surface area contributed by atoms with Gasteiger partial charge < -0.3 is 10.2 Å². The Morgan fingerprint density at radius 3 is 2.68 bits per heavy atom. The van der Waals surface area contributed by atoms with Gasteiger partial charge in [0.25, 0.3) is 5.91 Å². The average molecular weight is 443 g/mol. The van der Waals surface area contributed by atoms with Crippen LogP contribution in [0, 0.1) is 0 Å². The van der Waals surface area contributed by atoms with E-state index in [4.69, 9.17) is 4.98 Å². The number of piperidine rings is 1. The molecule has 1 aliphatic heterocycles. The number of nitrogens with zero attached hydrogens (tertiary/aromatic N) is 3. The number of rotatable bonds is 8. The highest BCUT2D eigenvalue weighted by atomic mass is 32.1. The van der Waals surface area contributed by atoms with Crippen LogP contribution in [0.4, 0.5) is 5.13 Å². The molecule has 1 unspecified atom stereocenters. The van der Waals surface area contributed by atoms with Crippen molar-refractivity contribution in [2.24, 2.45) is 0 Å². The SMILES string of the molecule is CCC(C)N(CCNC(=O)c1ccc2nc(N3CCCCC3)sc2c1)C1CCCCC1. The van der Waals surface area contributed by atoms with Crippen molar-refractivity contribution < 1.29 is 4.79 Å². The van der Waals surface area contributed by atoms with Crippen LogP contribution in [0.3, 0.4) is 0 Å². The minimum Gasteiger partial charge on any atom is -0.351 e. The molecule has 0 spiro atoms. The summed E-state index contributed by atoms with van der Waals surface area (Å²) < 4.78 is 1.11. The highest BCUT2D eigenvalue weighted by molar-refractivity contribution is 7.22. The lowest BCUT2D eigenvalue weighted by molar-refractivity contribution is 0.0903. The molecule has 1 N–H and O–H groups in total. The molecular weight excluding hydrogens is 404 g/mol. The van der Waals surface area contributed by atoms with Crippen molar-refractivity contribution in [1.82, 2.24) is 15.2 Å². The highest BCUT2D eigenvalue weighted by Gasteiger charge is 2.24. The second-order valence-corrected chi connectivity index (χ2v) is 10.3. The quantitative estimate of drug-likeness (QED) is 0.591. The summed E-state index contributed by atoms with van der Waals surface area (Å²) in [5.41, 5.74) is 1.75. The maximum Gasteiger partial charge on any atom is 0.251 e. The van der Waals surface area contributed by atoms with Gasteiger partial charge in [-0.2, -0.15) is 0 Å². The summed E-state index contributed by atoms with van der Waals surface area (Å²) >= 11 is 1.72. The van der Waals surface area contributed by atoms with E-state index in [-0.39, 0.29) is 5.91 Å². The first kappa shape index (κ1) is 22.5. The van der Waals surface area contributed by atoms with Gasteiger partial charge in [-0.05, 0) is 63.6 Å². The molecule has 1 saturated carbocycles. The van der Waals surface area contributed by atoms with Gasteiger partial charge in [-0.25, -0.2) is 4.98 Å². The fraction of sp³-hybridized carbons (Fsp3) is 0.680. The van der Waals surface area contributed by atoms with Gasteiger partial charge in [0.15, 0.2) is 5.13 Å². The molecule has 170 valence electrons. The van der Waals surface area contributed by atoms with E-state index in [1.165, 1.54) is 51.4 Å². The van der Waals surface area contributed by atoms with Gasteiger partial charge in [-0.1, -0.05) is 37.5 Å². The van der Waals surface area contributed by atoms with Crippen molar-refractivity contribution in [3.05, 3.63) is 23.8 Å². The Labute approximate surface area is 191 Å². The number of hydrogen-bond acceptors (Lipinski definition) is 5.